The molecule has 0 heterocycles. The van der Waals surface area contributed by atoms with Crippen LogP contribution in [0, 0.1) is 0 Å². The molecule has 1 rings (SSSR count). The molecule has 2 unspecified atom stereocenters. The molecule has 0 bridgehead atoms. The normalized spacial score (nSPS) is 15.0. The van der Waals surface area contributed by atoms with E-state index >= 15 is 0 Å². The van der Waals surface area contributed by atoms with Crippen LogP contribution in [0.2, 0.25) is 10.0 Å². The molecule has 2 atom stereocenters. The lowest BCUT2D eigenvalue weighted by atomic mass is 10.1. The Morgan fingerprint density at radius 2 is 2.07 bits per heavy atom. The molecule has 4 heteroatoms. The number of aliphatic hydroxyl groups is 1. The molecule has 0 aliphatic carbocycles. The summed E-state index contributed by atoms with van der Waals surface area (Å²) >= 11 is 11.8. The second kappa shape index (κ2) is 5.71. The summed E-state index contributed by atoms with van der Waals surface area (Å²) in [5, 5.41) is 10.8. The largest absolute Gasteiger partial charge is 0.386 e. The highest BCUT2D eigenvalue weighted by atomic mass is 35.5. The van der Waals surface area contributed by atoms with Gasteiger partial charge in [-0.05, 0) is 19.9 Å². The van der Waals surface area contributed by atoms with E-state index in [1.54, 1.807) is 25.1 Å². The second-order valence-electron chi connectivity index (χ2n) is 3.25. The van der Waals surface area contributed by atoms with Gasteiger partial charge < -0.3 is 9.84 Å². The lowest BCUT2D eigenvalue weighted by molar-refractivity contribution is -0.0227. The zero-order valence-electron chi connectivity index (χ0n) is 8.71. The minimum atomic E-state index is -0.754. The van der Waals surface area contributed by atoms with E-state index in [9.17, 15) is 5.11 Å². The number of halogens is 2. The van der Waals surface area contributed by atoms with E-state index in [0.29, 0.717) is 22.2 Å². The van der Waals surface area contributed by atoms with Gasteiger partial charge in [0.05, 0.1) is 16.1 Å². The first kappa shape index (κ1) is 12.8. The van der Waals surface area contributed by atoms with E-state index < -0.39 is 6.10 Å². The Morgan fingerprint density at radius 3 is 2.67 bits per heavy atom. The van der Waals surface area contributed by atoms with Gasteiger partial charge in [0, 0.05) is 12.2 Å². The van der Waals surface area contributed by atoms with E-state index in [-0.39, 0.29) is 6.10 Å². The SMILES string of the molecule is CCOC(C)C(O)c1cccc(Cl)c1Cl. The van der Waals surface area contributed by atoms with Gasteiger partial charge in [0.15, 0.2) is 0 Å². The molecule has 2 nitrogen and oxygen atoms in total. The van der Waals surface area contributed by atoms with Crippen molar-refractivity contribution < 1.29 is 9.84 Å². The number of ether oxygens (including phenoxy) is 1. The highest BCUT2D eigenvalue weighted by Gasteiger charge is 2.20. The van der Waals surface area contributed by atoms with Crippen molar-refractivity contribution in [3.63, 3.8) is 0 Å². The van der Waals surface area contributed by atoms with Crippen LogP contribution in [0.5, 0.6) is 0 Å². The lowest BCUT2D eigenvalue weighted by Crippen LogP contribution is -2.18. The van der Waals surface area contributed by atoms with Crippen LogP contribution < -0.4 is 0 Å². The summed E-state index contributed by atoms with van der Waals surface area (Å²) in [5.74, 6) is 0. The van der Waals surface area contributed by atoms with E-state index in [1.165, 1.54) is 0 Å². The minimum absolute atomic E-state index is 0.300. The molecule has 0 spiro atoms. The summed E-state index contributed by atoms with van der Waals surface area (Å²) < 4.78 is 5.30. The third-order valence-electron chi connectivity index (χ3n) is 2.17. The number of aliphatic hydroxyl groups excluding tert-OH is 1. The molecule has 0 saturated heterocycles. The summed E-state index contributed by atoms with van der Waals surface area (Å²) in [5.41, 5.74) is 0.602. The Kier molecular flexibility index (Phi) is 4.87. The molecule has 0 aliphatic rings. The highest BCUT2D eigenvalue weighted by Crippen LogP contribution is 2.31. The predicted octanol–water partition coefficient (Wildman–Crippen LogP) is 3.45. The predicted molar refractivity (Wildman–Crippen MR) is 62.5 cm³/mol. The summed E-state index contributed by atoms with van der Waals surface area (Å²) in [6, 6.07) is 5.19. The fraction of sp³-hybridized carbons (Fsp3) is 0.455. The standard InChI is InChI=1S/C11H14Cl2O2/c1-3-15-7(2)11(14)8-5-4-6-9(12)10(8)13/h4-7,11,14H,3H2,1-2H3. The van der Waals surface area contributed by atoms with Crippen molar-refractivity contribution in [1.82, 2.24) is 0 Å². The van der Waals surface area contributed by atoms with Gasteiger partial charge in [-0.3, -0.25) is 0 Å². The Hall–Kier alpha value is -0.280. The number of hydrogen-bond donors (Lipinski definition) is 1. The van der Waals surface area contributed by atoms with Crippen molar-refractivity contribution in [2.75, 3.05) is 6.61 Å². The van der Waals surface area contributed by atoms with Crippen LogP contribution in [0.4, 0.5) is 0 Å². The number of rotatable bonds is 4. The molecule has 0 aliphatic heterocycles. The van der Waals surface area contributed by atoms with Crippen LogP contribution in [0.3, 0.4) is 0 Å². The van der Waals surface area contributed by atoms with Crippen molar-refractivity contribution in [3.8, 4) is 0 Å². The van der Waals surface area contributed by atoms with E-state index in [4.69, 9.17) is 27.9 Å². The molecule has 1 aromatic rings. The van der Waals surface area contributed by atoms with Crippen LogP contribution in [-0.2, 0) is 4.74 Å². The van der Waals surface area contributed by atoms with Crippen molar-refractivity contribution >= 4 is 23.2 Å². The third kappa shape index (κ3) is 3.08. The summed E-state index contributed by atoms with van der Waals surface area (Å²) in [4.78, 5) is 0. The second-order valence-corrected chi connectivity index (χ2v) is 4.03. The zero-order chi connectivity index (χ0) is 11.4. The minimum Gasteiger partial charge on any atom is -0.386 e. The van der Waals surface area contributed by atoms with Gasteiger partial charge >= 0.3 is 0 Å². The first-order chi connectivity index (χ1) is 7.07. The number of benzene rings is 1. The zero-order valence-corrected chi connectivity index (χ0v) is 10.2. The van der Waals surface area contributed by atoms with Gasteiger partial charge in [0.25, 0.3) is 0 Å². The van der Waals surface area contributed by atoms with Gasteiger partial charge in [-0.25, -0.2) is 0 Å². The van der Waals surface area contributed by atoms with Crippen LogP contribution >= 0.6 is 23.2 Å². The quantitative estimate of drug-likeness (QED) is 0.885. The maximum absolute atomic E-state index is 9.96. The smallest absolute Gasteiger partial charge is 0.106 e. The highest BCUT2D eigenvalue weighted by molar-refractivity contribution is 6.42. The van der Waals surface area contributed by atoms with Gasteiger partial charge in [0.2, 0.25) is 0 Å². The molecule has 1 aromatic carbocycles. The van der Waals surface area contributed by atoms with Crippen LogP contribution in [-0.4, -0.2) is 17.8 Å². The summed E-state index contributed by atoms with van der Waals surface area (Å²) in [6.45, 7) is 4.23. The Morgan fingerprint density at radius 1 is 1.40 bits per heavy atom. The Bertz CT molecular complexity index is 328. The van der Waals surface area contributed by atoms with Crippen LogP contribution in [0.15, 0.2) is 18.2 Å². The first-order valence-corrected chi connectivity index (χ1v) is 5.57. The van der Waals surface area contributed by atoms with Crippen LogP contribution in [0.25, 0.3) is 0 Å². The summed E-state index contributed by atoms with van der Waals surface area (Å²) in [6.07, 6.45) is -1.05. The van der Waals surface area contributed by atoms with E-state index in [1.807, 2.05) is 6.92 Å². The average Bonchev–Trinajstić information content (AvgIpc) is 2.21. The fourth-order valence-electron chi connectivity index (χ4n) is 1.36. The average molecular weight is 249 g/mol. The topological polar surface area (TPSA) is 29.5 Å². The van der Waals surface area contributed by atoms with Gasteiger partial charge in [-0.2, -0.15) is 0 Å². The molecular formula is C11H14Cl2O2. The lowest BCUT2D eigenvalue weighted by Gasteiger charge is -2.20. The molecular weight excluding hydrogens is 235 g/mol. The van der Waals surface area contributed by atoms with Gasteiger partial charge in [-0.1, -0.05) is 35.3 Å². The molecule has 0 saturated carbocycles. The molecule has 0 aromatic heterocycles. The molecule has 84 valence electrons. The monoisotopic (exact) mass is 248 g/mol. The van der Waals surface area contributed by atoms with E-state index in [0.717, 1.165) is 0 Å². The van der Waals surface area contributed by atoms with E-state index in [2.05, 4.69) is 0 Å². The Labute approximate surface area is 99.8 Å². The van der Waals surface area contributed by atoms with Crippen molar-refractivity contribution in [3.05, 3.63) is 33.8 Å². The first-order valence-electron chi connectivity index (χ1n) is 4.81. The summed E-state index contributed by atoms with van der Waals surface area (Å²) in [7, 11) is 0. The molecule has 1 N–H and O–H groups in total. The van der Waals surface area contributed by atoms with Crippen molar-refractivity contribution in [2.45, 2.75) is 26.1 Å². The van der Waals surface area contributed by atoms with Gasteiger partial charge in [0.1, 0.15) is 6.10 Å². The molecule has 15 heavy (non-hydrogen) atoms. The number of hydrogen-bond acceptors (Lipinski definition) is 2. The van der Waals surface area contributed by atoms with Crippen molar-refractivity contribution in [1.29, 1.82) is 0 Å². The molecule has 0 amide bonds. The fourth-order valence-corrected chi connectivity index (χ4v) is 1.78. The Balaban J connectivity index is 2.90. The van der Waals surface area contributed by atoms with Gasteiger partial charge in [-0.15, -0.1) is 0 Å². The third-order valence-corrected chi connectivity index (χ3v) is 3.01. The molecule has 0 fully saturated rings. The van der Waals surface area contributed by atoms with Crippen molar-refractivity contribution in [2.24, 2.45) is 0 Å². The maximum atomic E-state index is 9.96. The maximum Gasteiger partial charge on any atom is 0.106 e. The molecule has 0 radical (unpaired) electrons. The van der Waals surface area contributed by atoms with Crippen LogP contribution in [0.1, 0.15) is 25.5 Å².